The first-order valence-electron chi connectivity index (χ1n) is 7.56. The highest BCUT2D eigenvalue weighted by Crippen LogP contribution is 2.37. The first kappa shape index (κ1) is 14.8. The zero-order chi connectivity index (χ0) is 15.7. The lowest BCUT2D eigenvalue weighted by molar-refractivity contribution is -0.141. The summed E-state index contributed by atoms with van der Waals surface area (Å²) in [5.74, 6) is -1.24. The van der Waals surface area contributed by atoms with Crippen molar-refractivity contribution in [1.82, 2.24) is 10.2 Å². The minimum absolute atomic E-state index is 0.0876. The van der Waals surface area contributed by atoms with Crippen molar-refractivity contribution in [1.29, 1.82) is 0 Å². The van der Waals surface area contributed by atoms with Crippen molar-refractivity contribution in [3.63, 3.8) is 0 Å². The summed E-state index contributed by atoms with van der Waals surface area (Å²) in [5.41, 5.74) is 0.970. The SMILES string of the molecule is O=C(O)C1CCN(C(=O)NC2CC(c3cccc(F)c3)C2)C1. The largest absolute Gasteiger partial charge is 0.481 e. The van der Waals surface area contributed by atoms with E-state index < -0.39 is 11.9 Å². The fourth-order valence-corrected chi connectivity index (χ4v) is 3.18. The van der Waals surface area contributed by atoms with E-state index in [0.717, 1.165) is 18.4 Å². The zero-order valence-electron chi connectivity index (χ0n) is 12.2. The molecule has 118 valence electrons. The molecule has 0 aromatic heterocycles. The molecule has 6 heteroatoms. The maximum Gasteiger partial charge on any atom is 0.317 e. The molecule has 2 N–H and O–H groups in total. The van der Waals surface area contributed by atoms with Gasteiger partial charge in [-0.1, -0.05) is 12.1 Å². The third-order valence-corrected chi connectivity index (χ3v) is 4.61. The van der Waals surface area contributed by atoms with Crippen LogP contribution in [0.15, 0.2) is 24.3 Å². The number of rotatable bonds is 3. The second-order valence-electron chi connectivity index (χ2n) is 6.14. The lowest BCUT2D eigenvalue weighted by Crippen LogP contribution is -2.48. The van der Waals surface area contributed by atoms with Gasteiger partial charge in [0, 0.05) is 19.1 Å². The predicted molar refractivity (Wildman–Crippen MR) is 78.0 cm³/mol. The van der Waals surface area contributed by atoms with Gasteiger partial charge in [-0.25, -0.2) is 9.18 Å². The van der Waals surface area contributed by atoms with E-state index in [1.54, 1.807) is 17.0 Å². The number of carboxylic acids is 1. The first-order chi connectivity index (χ1) is 10.5. The minimum Gasteiger partial charge on any atom is -0.481 e. The van der Waals surface area contributed by atoms with Gasteiger partial charge in [0.25, 0.3) is 0 Å². The van der Waals surface area contributed by atoms with Crippen molar-refractivity contribution in [3.8, 4) is 0 Å². The Bertz CT molecular complexity index is 587. The standard InChI is InChI=1S/C16H19FN2O3/c17-13-3-1-2-10(6-13)12-7-14(8-12)18-16(22)19-5-4-11(9-19)15(20)21/h1-3,6,11-12,14H,4-5,7-9H2,(H,18,22)(H,20,21). The van der Waals surface area contributed by atoms with Crippen LogP contribution >= 0.6 is 0 Å². The van der Waals surface area contributed by atoms with Crippen LogP contribution in [0.4, 0.5) is 9.18 Å². The summed E-state index contributed by atoms with van der Waals surface area (Å²) in [6.07, 6.45) is 2.11. The third kappa shape index (κ3) is 3.05. The number of carbonyl (C=O) groups is 2. The molecule has 3 rings (SSSR count). The van der Waals surface area contributed by atoms with Gasteiger partial charge in [-0.2, -0.15) is 0 Å². The fourth-order valence-electron chi connectivity index (χ4n) is 3.18. The Morgan fingerprint density at radius 2 is 2.09 bits per heavy atom. The Balaban J connectivity index is 1.46. The van der Waals surface area contributed by atoms with E-state index in [9.17, 15) is 14.0 Å². The average Bonchev–Trinajstić information content (AvgIpc) is 2.92. The second kappa shape index (κ2) is 5.94. The molecule has 2 fully saturated rings. The molecule has 1 aromatic carbocycles. The van der Waals surface area contributed by atoms with E-state index in [4.69, 9.17) is 5.11 Å². The van der Waals surface area contributed by atoms with Crippen LogP contribution in [0.5, 0.6) is 0 Å². The molecule has 1 aliphatic carbocycles. The van der Waals surface area contributed by atoms with Gasteiger partial charge in [0.05, 0.1) is 5.92 Å². The number of amides is 2. The highest BCUT2D eigenvalue weighted by molar-refractivity contribution is 5.77. The van der Waals surface area contributed by atoms with Gasteiger partial charge < -0.3 is 15.3 Å². The van der Waals surface area contributed by atoms with Gasteiger partial charge in [-0.3, -0.25) is 4.79 Å². The Labute approximate surface area is 128 Å². The van der Waals surface area contributed by atoms with Crippen LogP contribution in [0.25, 0.3) is 0 Å². The maximum absolute atomic E-state index is 13.2. The van der Waals surface area contributed by atoms with Gasteiger partial charge in [0.2, 0.25) is 0 Å². The molecule has 1 unspecified atom stereocenters. The molecule has 1 saturated carbocycles. The maximum atomic E-state index is 13.2. The molecule has 0 bridgehead atoms. The number of aliphatic carboxylic acids is 1. The first-order valence-corrected chi connectivity index (χ1v) is 7.56. The summed E-state index contributed by atoms with van der Waals surface area (Å²) in [4.78, 5) is 24.5. The Morgan fingerprint density at radius 1 is 1.32 bits per heavy atom. The van der Waals surface area contributed by atoms with Crippen molar-refractivity contribution < 1.29 is 19.1 Å². The number of benzene rings is 1. The number of nitrogens with zero attached hydrogens (tertiary/aromatic N) is 1. The lowest BCUT2D eigenvalue weighted by atomic mass is 9.76. The van der Waals surface area contributed by atoms with Crippen LogP contribution in [0.2, 0.25) is 0 Å². The monoisotopic (exact) mass is 306 g/mol. The summed E-state index contributed by atoms with van der Waals surface area (Å²) < 4.78 is 13.2. The molecule has 22 heavy (non-hydrogen) atoms. The molecule has 5 nitrogen and oxygen atoms in total. The highest BCUT2D eigenvalue weighted by Gasteiger charge is 2.35. The number of likely N-dealkylation sites (tertiary alicyclic amines) is 1. The molecule has 2 aliphatic rings. The van der Waals surface area contributed by atoms with Gasteiger partial charge in [0.1, 0.15) is 5.82 Å². The van der Waals surface area contributed by atoms with Crippen LogP contribution < -0.4 is 5.32 Å². The number of halogens is 1. The van der Waals surface area contributed by atoms with E-state index in [-0.39, 0.29) is 30.4 Å². The third-order valence-electron chi connectivity index (χ3n) is 4.61. The molecule has 2 amide bonds. The van der Waals surface area contributed by atoms with Crippen molar-refractivity contribution in [3.05, 3.63) is 35.6 Å². The smallest absolute Gasteiger partial charge is 0.317 e. The second-order valence-corrected chi connectivity index (χ2v) is 6.14. The minimum atomic E-state index is -0.842. The van der Waals surface area contributed by atoms with E-state index in [2.05, 4.69) is 5.32 Å². The molecule has 0 spiro atoms. The highest BCUT2D eigenvalue weighted by atomic mass is 19.1. The number of hydrogen-bond acceptors (Lipinski definition) is 2. The van der Waals surface area contributed by atoms with Crippen LogP contribution in [-0.4, -0.2) is 41.1 Å². The Kier molecular flexibility index (Phi) is 4.00. The fraction of sp³-hybridized carbons (Fsp3) is 0.500. The van der Waals surface area contributed by atoms with Crippen molar-refractivity contribution >= 4 is 12.0 Å². The molecular formula is C16H19FN2O3. The summed E-state index contributed by atoms with van der Waals surface area (Å²) in [6, 6.07) is 6.47. The topological polar surface area (TPSA) is 69.6 Å². The van der Waals surface area contributed by atoms with Gasteiger partial charge in [-0.05, 0) is 42.9 Å². The van der Waals surface area contributed by atoms with Crippen LogP contribution in [-0.2, 0) is 4.79 Å². The Morgan fingerprint density at radius 3 is 2.73 bits per heavy atom. The summed E-state index contributed by atoms with van der Waals surface area (Å²) in [6.45, 7) is 0.768. The number of nitrogens with one attached hydrogen (secondary N) is 1. The number of carboxylic acid groups (broad SMARTS) is 1. The van der Waals surface area contributed by atoms with E-state index in [1.807, 2.05) is 6.07 Å². The molecule has 0 radical (unpaired) electrons. The van der Waals surface area contributed by atoms with Crippen molar-refractivity contribution in [2.75, 3.05) is 13.1 Å². The quantitative estimate of drug-likeness (QED) is 0.899. The molecule has 1 atom stereocenters. The van der Waals surface area contributed by atoms with E-state index in [1.165, 1.54) is 6.07 Å². The molecule has 1 saturated heterocycles. The number of urea groups is 1. The molecule has 1 aliphatic heterocycles. The summed E-state index contributed by atoms with van der Waals surface area (Å²) >= 11 is 0. The Hall–Kier alpha value is -2.11. The van der Waals surface area contributed by atoms with Crippen LogP contribution in [0.3, 0.4) is 0 Å². The van der Waals surface area contributed by atoms with Crippen molar-refractivity contribution in [2.24, 2.45) is 5.92 Å². The predicted octanol–water partition coefficient (Wildman–Crippen LogP) is 2.19. The zero-order valence-corrected chi connectivity index (χ0v) is 12.2. The average molecular weight is 306 g/mol. The molecule has 1 aromatic rings. The summed E-state index contributed by atoms with van der Waals surface area (Å²) in [7, 11) is 0. The van der Waals surface area contributed by atoms with E-state index >= 15 is 0 Å². The van der Waals surface area contributed by atoms with Crippen LogP contribution in [0, 0.1) is 11.7 Å². The lowest BCUT2D eigenvalue weighted by Gasteiger charge is -2.37. The normalized spacial score (nSPS) is 27.3. The number of hydrogen-bond donors (Lipinski definition) is 2. The number of carbonyl (C=O) groups excluding carboxylic acids is 1. The summed E-state index contributed by atoms with van der Waals surface area (Å²) in [5, 5.41) is 11.9. The van der Waals surface area contributed by atoms with Gasteiger partial charge in [-0.15, -0.1) is 0 Å². The van der Waals surface area contributed by atoms with Gasteiger partial charge in [0.15, 0.2) is 0 Å². The van der Waals surface area contributed by atoms with Gasteiger partial charge >= 0.3 is 12.0 Å². The van der Waals surface area contributed by atoms with E-state index in [0.29, 0.717) is 13.0 Å². The molecule has 1 heterocycles. The molecular weight excluding hydrogens is 287 g/mol. The van der Waals surface area contributed by atoms with Crippen molar-refractivity contribution in [2.45, 2.75) is 31.2 Å². The van der Waals surface area contributed by atoms with Crippen LogP contribution in [0.1, 0.15) is 30.7 Å².